The summed E-state index contributed by atoms with van der Waals surface area (Å²) in [5.41, 5.74) is 0. The highest BCUT2D eigenvalue weighted by Gasteiger charge is 2.29. The van der Waals surface area contributed by atoms with Crippen molar-refractivity contribution in [3.05, 3.63) is 0 Å². The summed E-state index contributed by atoms with van der Waals surface area (Å²) in [6.45, 7) is 7.49. The molecule has 3 unspecified atom stereocenters. The van der Waals surface area contributed by atoms with E-state index in [4.69, 9.17) is 0 Å². The highest BCUT2D eigenvalue weighted by molar-refractivity contribution is 5.82. The molecule has 0 bridgehead atoms. The average Bonchev–Trinajstić information content (AvgIpc) is 2.53. The first kappa shape index (κ1) is 12.9. The number of carbonyl (C=O) groups excluding carboxylic acids is 1. The molecule has 1 N–H and O–H groups in total. The Morgan fingerprint density at radius 1 is 1.12 bits per heavy atom. The zero-order chi connectivity index (χ0) is 12.3. The van der Waals surface area contributed by atoms with Gasteiger partial charge in [0.05, 0.1) is 6.04 Å². The topological polar surface area (TPSA) is 32.3 Å². The molecule has 0 aromatic rings. The summed E-state index contributed by atoms with van der Waals surface area (Å²) in [7, 11) is 0. The zero-order valence-corrected chi connectivity index (χ0v) is 11.2. The molecule has 0 aliphatic carbocycles. The Bertz CT molecular complexity index is 267. The van der Waals surface area contributed by atoms with E-state index in [1.807, 2.05) is 0 Å². The number of nitrogens with one attached hydrogen (secondary N) is 1. The molecule has 0 aromatic heterocycles. The number of piperidine rings is 1. The minimum absolute atomic E-state index is 0.0900. The molecular formula is C14H26N2O. The van der Waals surface area contributed by atoms with E-state index in [1.165, 1.54) is 25.7 Å². The minimum atomic E-state index is 0.0900. The van der Waals surface area contributed by atoms with Crippen LogP contribution in [-0.2, 0) is 4.79 Å². The second-order valence-electron chi connectivity index (χ2n) is 6.00. The van der Waals surface area contributed by atoms with Gasteiger partial charge < -0.3 is 10.2 Å². The molecule has 2 saturated heterocycles. The Hall–Kier alpha value is -0.570. The summed E-state index contributed by atoms with van der Waals surface area (Å²) in [6.07, 6.45) is 5.85. The summed E-state index contributed by atoms with van der Waals surface area (Å²) >= 11 is 0. The number of hydrogen-bond donors (Lipinski definition) is 1. The number of hydrogen-bond acceptors (Lipinski definition) is 2. The van der Waals surface area contributed by atoms with Crippen LogP contribution in [0.15, 0.2) is 0 Å². The van der Waals surface area contributed by atoms with Crippen LogP contribution in [0, 0.1) is 11.8 Å². The van der Waals surface area contributed by atoms with E-state index in [-0.39, 0.29) is 6.04 Å². The summed E-state index contributed by atoms with van der Waals surface area (Å²) in [6, 6.07) is 0.0900. The van der Waals surface area contributed by atoms with Gasteiger partial charge >= 0.3 is 0 Å². The van der Waals surface area contributed by atoms with E-state index < -0.39 is 0 Å². The third-order valence-electron chi connectivity index (χ3n) is 4.29. The third-order valence-corrected chi connectivity index (χ3v) is 4.29. The molecule has 2 fully saturated rings. The van der Waals surface area contributed by atoms with Crippen molar-refractivity contribution in [1.29, 1.82) is 0 Å². The highest BCUT2D eigenvalue weighted by atomic mass is 16.2. The van der Waals surface area contributed by atoms with Gasteiger partial charge in [-0.15, -0.1) is 0 Å². The van der Waals surface area contributed by atoms with Crippen molar-refractivity contribution < 1.29 is 4.79 Å². The lowest BCUT2D eigenvalue weighted by molar-refractivity contribution is -0.134. The molecule has 3 nitrogen and oxygen atoms in total. The van der Waals surface area contributed by atoms with Gasteiger partial charge in [-0.1, -0.05) is 13.8 Å². The monoisotopic (exact) mass is 238 g/mol. The SMILES string of the molecule is CC1CCCN(C(=O)C2CC(C)CCN2)CC1. The molecule has 0 aromatic carbocycles. The van der Waals surface area contributed by atoms with Crippen molar-refractivity contribution in [1.82, 2.24) is 10.2 Å². The van der Waals surface area contributed by atoms with Crippen molar-refractivity contribution in [3.63, 3.8) is 0 Å². The van der Waals surface area contributed by atoms with Crippen LogP contribution >= 0.6 is 0 Å². The van der Waals surface area contributed by atoms with Crippen LogP contribution in [-0.4, -0.2) is 36.5 Å². The number of nitrogens with zero attached hydrogens (tertiary/aromatic N) is 1. The first-order valence-electron chi connectivity index (χ1n) is 7.19. The molecular weight excluding hydrogens is 212 g/mol. The lowest BCUT2D eigenvalue weighted by atomic mass is 9.93. The molecule has 3 atom stereocenters. The van der Waals surface area contributed by atoms with Gasteiger partial charge in [0.25, 0.3) is 0 Å². The second-order valence-corrected chi connectivity index (χ2v) is 6.00. The summed E-state index contributed by atoms with van der Waals surface area (Å²) < 4.78 is 0. The molecule has 3 heteroatoms. The van der Waals surface area contributed by atoms with Crippen molar-refractivity contribution >= 4 is 5.91 Å². The van der Waals surface area contributed by atoms with Crippen LogP contribution in [0.25, 0.3) is 0 Å². The van der Waals surface area contributed by atoms with E-state index in [2.05, 4.69) is 24.1 Å². The fourth-order valence-corrected chi connectivity index (χ4v) is 3.00. The predicted octanol–water partition coefficient (Wildman–Crippen LogP) is 2.02. The van der Waals surface area contributed by atoms with Crippen LogP contribution in [0.3, 0.4) is 0 Å². The minimum Gasteiger partial charge on any atom is -0.341 e. The van der Waals surface area contributed by atoms with E-state index in [9.17, 15) is 4.79 Å². The van der Waals surface area contributed by atoms with Gasteiger partial charge in [0.1, 0.15) is 0 Å². The van der Waals surface area contributed by atoms with Gasteiger partial charge in [0.15, 0.2) is 0 Å². The molecule has 2 aliphatic rings. The third kappa shape index (κ3) is 3.44. The molecule has 17 heavy (non-hydrogen) atoms. The number of carbonyl (C=O) groups is 1. The molecule has 2 rings (SSSR count). The first-order valence-corrected chi connectivity index (χ1v) is 7.19. The summed E-state index contributed by atoms with van der Waals surface area (Å²) in [4.78, 5) is 14.5. The van der Waals surface area contributed by atoms with Crippen molar-refractivity contribution in [2.45, 2.75) is 52.0 Å². The van der Waals surface area contributed by atoms with Crippen LogP contribution in [0.5, 0.6) is 0 Å². The van der Waals surface area contributed by atoms with Crippen molar-refractivity contribution in [3.8, 4) is 0 Å². The summed E-state index contributed by atoms with van der Waals surface area (Å²) in [5.74, 6) is 1.83. The smallest absolute Gasteiger partial charge is 0.239 e. The van der Waals surface area contributed by atoms with E-state index in [0.29, 0.717) is 11.8 Å². The Labute approximate surface area is 105 Å². The molecule has 0 saturated carbocycles. The van der Waals surface area contributed by atoms with E-state index in [0.717, 1.165) is 32.0 Å². The first-order chi connectivity index (χ1) is 8.16. The number of amides is 1. The lowest BCUT2D eigenvalue weighted by Gasteiger charge is -2.31. The average molecular weight is 238 g/mol. The van der Waals surface area contributed by atoms with Gasteiger partial charge in [-0.25, -0.2) is 0 Å². The standard InChI is InChI=1S/C14H26N2O/c1-11-4-3-8-16(9-6-11)14(17)13-10-12(2)5-7-15-13/h11-13,15H,3-10H2,1-2H3. The van der Waals surface area contributed by atoms with Crippen LogP contribution in [0.2, 0.25) is 0 Å². The molecule has 2 heterocycles. The lowest BCUT2D eigenvalue weighted by Crippen LogP contribution is -2.50. The van der Waals surface area contributed by atoms with Gasteiger partial charge in [0, 0.05) is 13.1 Å². The molecule has 98 valence electrons. The van der Waals surface area contributed by atoms with Crippen LogP contribution in [0.4, 0.5) is 0 Å². The second kappa shape index (κ2) is 5.85. The van der Waals surface area contributed by atoms with Gasteiger partial charge in [-0.05, 0) is 50.5 Å². The quantitative estimate of drug-likeness (QED) is 0.758. The molecule has 2 aliphatic heterocycles. The summed E-state index contributed by atoms with van der Waals surface area (Å²) in [5, 5.41) is 3.39. The Morgan fingerprint density at radius 2 is 1.94 bits per heavy atom. The normalized spacial score (nSPS) is 35.4. The fourth-order valence-electron chi connectivity index (χ4n) is 3.00. The number of rotatable bonds is 1. The van der Waals surface area contributed by atoms with Gasteiger partial charge in [0.2, 0.25) is 5.91 Å². The maximum atomic E-state index is 12.4. The Morgan fingerprint density at radius 3 is 2.71 bits per heavy atom. The highest BCUT2D eigenvalue weighted by Crippen LogP contribution is 2.20. The molecule has 0 spiro atoms. The van der Waals surface area contributed by atoms with Gasteiger partial charge in [-0.3, -0.25) is 4.79 Å². The zero-order valence-electron chi connectivity index (χ0n) is 11.2. The van der Waals surface area contributed by atoms with Crippen LogP contribution in [0.1, 0.15) is 46.0 Å². The Kier molecular flexibility index (Phi) is 4.43. The van der Waals surface area contributed by atoms with Crippen molar-refractivity contribution in [2.24, 2.45) is 11.8 Å². The predicted molar refractivity (Wildman–Crippen MR) is 69.8 cm³/mol. The van der Waals surface area contributed by atoms with Crippen LogP contribution < -0.4 is 5.32 Å². The maximum absolute atomic E-state index is 12.4. The molecule has 0 radical (unpaired) electrons. The maximum Gasteiger partial charge on any atom is 0.239 e. The largest absolute Gasteiger partial charge is 0.341 e. The Balaban J connectivity index is 1.89. The van der Waals surface area contributed by atoms with Gasteiger partial charge in [-0.2, -0.15) is 0 Å². The molecule has 1 amide bonds. The van der Waals surface area contributed by atoms with E-state index in [1.54, 1.807) is 0 Å². The fraction of sp³-hybridized carbons (Fsp3) is 0.929. The number of likely N-dealkylation sites (tertiary alicyclic amines) is 1. The van der Waals surface area contributed by atoms with E-state index >= 15 is 0 Å². The van der Waals surface area contributed by atoms with Crippen molar-refractivity contribution in [2.75, 3.05) is 19.6 Å².